The quantitative estimate of drug-likeness (QED) is 0.731. The lowest BCUT2D eigenvalue weighted by atomic mass is 9.93. The lowest BCUT2D eigenvalue weighted by Gasteiger charge is -2.26. The zero-order valence-electron chi connectivity index (χ0n) is 9.42. The second-order valence-corrected chi connectivity index (χ2v) is 4.07. The number of aliphatic hydroxyl groups is 1. The summed E-state index contributed by atoms with van der Waals surface area (Å²) in [6.45, 7) is 3.74. The van der Waals surface area contributed by atoms with Crippen molar-refractivity contribution in [2.24, 2.45) is 5.92 Å². The Bertz CT molecular complexity index is 337. The zero-order chi connectivity index (χ0) is 12.1. The molecular weight excluding hydrogens is 206 g/mol. The molecule has 0 aliphatic heterocycles. The summed E-state index contributed by atoms with van der Waals surface area (Å²) in [5.74, 6) is 0.0197. The number of benzene rings is 1. The maximum Gasteiger partial charge on any atom is 0.404 e. The van der Waals surface area contributed by atoms with Crippen molar-refractivity contribution in [2.75, 3.05) is 0 Å². The van der Waals surface area contributed by atoms with Crippen LogP contribution in [0.1, 0.15) is 25.5 Å². The van der Waals surface area contributed by atoms with Gasteiger partial charge in [-0.05, 0) is 11.5 Å². The number of nitrogens with one attached hydrogen (secondary N) is 1. The third-order valence-corrected chi connectivity index (χ3v) is 2.49. The van der Waals surface area contributed by atoms with Gasteiger partial charge in [-0.3, -0.25) is 0 Å². The molecule has 0 saturated carbocycles. The molecule has 0 spiro atoms. The molecule has 0 radical (unpaired) electrons. The molecule has 0 aliphatic rings. The Morgan fingerprint density at radius 2 is 1.81 bits per heavy atom. The van der Waals surface area contributed by atoms with Gasteiger partial charge in [0.25, 0.3) is 0 Å². The van der Waals surface area contributed by atoms with Crippen molar-refractivity contribution < 1.29 is 15.0 Å². The average molecular weight is 223 g/mol. The van der Waals surface area contributed by atoms with Crippen LogP contribution in [0.15, 0.2) is 30.3 Å². The number of hydrogen-bond acceptors (Lipinski definition) is 2. The van der Waals surface area contributed by atoms with E-state index in [1.807, 2.05) is 32.0 Å². The monoisotopic (exact) mass is 223 g/mol. The van der Waals surface area contributed by atoms with Crippen molar-refractivity contribution in [3.63, 3.8) is 0 Å². The highest BCUT2D eigenvalue weighted by Crippen LogP contribution is 2.21. The Hall–Kier alpha value is -1.55. The first kappa shape index (κ1) is 12.5. The van der Waals surface area contributed by atoms with Crippen molar-refractivity contribution in [2.45, 2.75) is 26.0 Å². The van der Waals surface area contributed by atoms with Gasteiger partial charge in [0.1, 0.15) is 0 Å². The Morgan fingerprint density at radius 1 is 1.25 bits per heavy atom. The Kier molecular flexibility index (Phi) is 4.31. The van der Waals surface area contributed by atoms with Gasteiger partial charge in [-0.15, -0.1) is 0 Å². The van der Waals surface area contributed by atoms with Gasteiger partial charge >= 0.3 is 6.09 Å². The molecule has 0 aromatic heterocycles. The van der Waals surface area contributed by atoms with Crippen LogP contribution in [0.5, 0.6) is 0 Å². The first-order chi connectivity index (χ1) is 7.52. The molecule has 4 nitrogen and oxygen atoms in total. The molecular formula is C12H17NO3. The van der Waals surface area contributed by atoms with Gasteiger partial charge in [-0.1, -0.05) is 44.2 Å². The van der Waals surface area contributed by atoms with Gasteiger partial charge in [0.05, 0.1) is 12.1 Å². The Labute approximate surface area is 94.9 Å². The van der Waals surface area contributed by atoms with Crippen LogP contribution < -0.4 is 5.32 Å². The molecule has 4 heteroatoms. The molecule has 1 aromatic carbocycles. The highest BCUT2D eigenvalue weighted by Gasteiger charge is 2.25. The summed E-state index contributed by atoms with van der Waals surface area (Å²) >= 11 is 0. The number of carbonyl (C=O) groups is 1. The largest absolute Gasteiger partial charge is 0.465 e. The number of amides is 1. The number of carboxylic acid groups (broad SMARTS) is 1. The van der Waals surface area contributed by atoms with Crippen molar-refractivity contribution in [1.82, 2.24) is 5.32 Å². The van der Waals surface area contributed by atoms with E-state index in [9.17, 15) is 9.90 Å². The number of aliphatic hydroxyl groups excluding tert-OH is 1. The van der Waals surface area contributed by atoms with Gasteiger partial charge in [-0.25, -0.2) is 4.79 Å². The average Bonchev–Trinajstić information content (AvgIpc) is 2.25. The summed E-state index contributed by atoms with van der Waals surface area (Å²) in [5.41, 5.74) is 0.718. The first-order valence-corrected chi connectivity index (χ1v) is 5.25. The van der Waals surface area contributed by atoms with E-state index in [1.54, 1.807) is 12.1 Å². The standard InChI is InChI=1S/C12H17NO3/c1-8(2)10(13-12(15)16)11(14)9-6-4-3-5-7-9/h3-8,10-11,13-14H,1-2H3,(H,15,16)/t10-,11?/m0/s1. The summed E-state index contributed by atoms with van der Waals surface area (Å²) < 4.78 is 0. The highest BCUT2D eigenvalue weighted by atomic mass is 16.4. The third-order valence-electron chi connectivity index (χ3n) is 2.49. The summed E-state index contributed by atoms with van der Waals surface area (Å²) in [4.78, 5) is 10.6. The molecule has 2 atom stereocenters. The molecule has 0 fully saturated rings. The van der Waals surface area contributed by atoms with Gasteiger partial charge < -0.3 is 15.5 Å². The van der Waals surface area contributed by atoms with E-state index in [1.165, 1.54) is 0 Å². The molecule has 0 saturated heterocycles. The van der Waals surface area contributed by atoms with E-state index in [2.05, 4.69) is 5.32 Å². The number of hydrogen-bond donors (Lipinski definition) is 3. The molecule has 88 valence electrons. The molecule has 1 amide bonds. The van der Waals surface area contributed by atoms with Crippen LogP contribution in [0.2, 0.25) is 0 Å². The first-order valence-electron chi connectivity index (χ1n) is 5.25. The van der Waals surface area contributed by atoms with Crippen LogP contribution >= 0.6 is 0 Å². The smallest absolute Gasteiger partial charge is 0.404 e. The van der Waals surface area contributed by atoms with Crippen molar-refractivity contribution in [1.29, 1.82) is 0 Å². The fourth-order valence-electron chi connectivity index (χ4n) is 1.61. The second-order valence-electron chi connectivity index (χ2n) is 4.07. The predicted octanol–water partition coefficient (Wildman–Crippen LogP) is 2.01. The molecule has 1 unspecified atom stereocenters. The molecule has 0 aliphatic carbocycles. The van der Waals surface area contributed by atoms with Gasteiger partial charge in [0.15, 0.2) is 0 Å². The van der Waals surface area contributed by atoms with E-state index in [0.29, 0.717) is 0 Å². The molecule has 1 rings (SSSR count). The molecule has 3 N–H and O–H groups in total. The maximum atomic E-state index is 10.6. The van der Waals surface area contributed by atoms with E-state index < -0.39 is 18.2 Å². The van der Waals surface area contributed by atoms with E-state index >= 15 is 0 Å². The van der Waals surface area contributed by atoms with E-state index in [4.69, 9.17) is 5.11 Å². The van der Waals surface area contributed by atoms with Crippen molar-refractivity contribution >= 4 is 6.09 Å². The zero-order valence-corrected chi connectivity index (χ0v) is 9.42. The Balaban J connectivity index is 2.83. The van der Waals surface area contributed by atoms with Crippen LogP contribution in [0, 0.1) is 5.92 Å². The van der Waals surface area contributed by atoms with Crippen LogP contribution in [-0.4, -0.2) is 22.3 Å². The minimum atomic E-state index is -1.12. The van der Waals surface area contributed by atoms with Gasteiger partial charge in [0.2, 0.25) is 0 Å². The topological polar surface area (TPSA) is 69.6 Å². The number of rotatable bonds is 4. The predicted molar refractivity (Wildman–Crippen MR) is 61.2 cm³/mol. The third kappa shape index (κ3) is 3.24. The van der Waals surface area contributed by atoms with Crippen LogP contribution in [0.25, 0.3) is 0 Å². The van der Waals surface area contributed by atoms with Crippen molar-refractivity contribution in [3.05, 3.63) is 35.9 Å². The van der Waals surface area contributed by atoms with Gasteiger partial charge in [-0.2, -0.15) is 0 Å². The lowest BCUT2D eigenvalue weighted by Crippen LogP contribution is -2.42. The lowest BCUT2D eigenvalue weighted by molar-refractivity contribution is 0.100. The second kappa shape index (κ2) is 5.51. The normalized spacial score (nSPS) is 14.5. The summed E-state index contributed by atoms with van der Waals surface area (Å²) in [6, 6.07) is 8.55. The van der Waals surface area contributed by atoms with Crippen LogP contribution in [0.3, 0.4) is 0 Å². The highest BCUT2D eigenvalue weighted by molar-refractivity contribution is 5.65. The van der Waals surface area contributed by atoms with Crippen molar-refractivity contribution in [3.8, 4) is 0 Å². The van der Waals surface area contributed by atoms with E-state index in [0.717, 1.165) is 5.56 Å². The summed E-state index contributed by atoms with van der Waals surface area (Å²) in [7, 11) is 0. The minimum Gasteiger partial charge on any atom is -0.465 e. The summed E-state index contributed by atoms with van der Waals surface area (Å²) in [5, 5.41) is 21.1. The molecule has 0 heterocycles. The minimum absolute atomic E-state index is 0.0197. The molecule has 1 aromatic rings. The summed E-state index contributed by atoms with van der Waals surface area (Å²) in [6.07, 6.45) is -1.94. The van der Waals surface area contributed by atoms with Crippen LogP contribution in [0.4, 0.5) is 4.79 Å². The van der Waals surface area contributed by atoms with Gasteiger partial charge in [0, 0.05) is 0 Å². The molecule has 16 heavy (non-hydrogen) atoms. The molecule has 0 bridgehead atoms. The fourth-order valence-corrected chi connectivity index (χ4v) is 1.61. The van der Waals surface area contributed by atoms with Crippen LogP contribution in [-0.2, 0) is 0 Å². The fraction of sp³-hybridized carbons (Fsp3) is 0.417. The van der Waals surface area contributed by atoms with E-state index in [-0.39, 0.29) is 5.92 Å². The SMILES string of the molecule is CC(C)[C@H](NC(=O)O)C(O)c1ccccc1. The Morgan fingerprint density at radius 3 is 2.25 bits per heavy atom. The maximum absolute atomic E-state index is 10.6.